The Kier molecular flexibility index (Phi) is 8.92. The molecule has 0 spiro atoms. The van der Waals surface area contributed by atoms with E-state index in [1.165, 1.54) is 0 Å². The molecule has 0 aliphatic heterocycles. The number of hydrogen-bond acceptors (Lipinski definition) is 4. The fourth-order valence-electron chi connectivity index (χ4n) is 3.52. The zero-order valence-corrected chi connectivity index (χ0v) is 19.3. The molecule has 2 N–H and O–H groups in total. The van der Waals surface area contributed by atoms with Crippen molar-refractivity contribution in [3.05, 3.63) is 81.4 Å². The predicted molar refractivity (Wildman–Crippen MR) is 126 cm³/mol. The highest BCUT2D eigenvalue weighted by Gasteiger charge is 2.27. The van der Waals surface area contributed by atoms with Gasteiger partial charge in [-0.3, -0.25) is 0 Å². The normalized spacial score (nSPS) is 10.5. The smallest absolute Gasteiger partial charge is 0.342 e. The number of aryl methyl sites for hydroxylation is 1. The number of esters is 1. The average molecular weight is 423 g/mol. The summed E-state index contributed by atoms with van der Waals surface area (Å²) in [6, 6.07) is 9.97. The number of hydrogen-bond donors (Lipinski definition) is 2. The Morgan fingerprint density at radius 1 is 0.839 bits per heavy atom. The van der Waals surface area contributed by atoms with Gasteiger partial charge in [0.25, 0.3) is 0 Å². The molecule has 0 saturated carbocycles. The Bertz CT molecular complexity index is 961. The first-order chi connectivity index (χ1) is 14.8. The first-order valence-corrected chi connectivity index (χ1v) is 10.8. The highest BCUT2D eigenvalue weighted by atomic mass is 16.5. The molecule has 2 rings (SSSR count). The number of carbonyl (C=O) groups is 1. The third kappa shape index (κ3) is 6.48. The minimum absolute atomic E-state index is 0.0589. The van der Waals surface area contributed by atoms with Crippen molar-refractivity contribution in [2.24, 2.45) is 0 Å². The number of benzene rings is 2. The molecule has 0 aliphatic carbocycles. The molecule has 2 aromatic rings. The van der Waals surface area contributed by atoms with Crippen LogP contribution in [-0.4, -0.2) is 22.8 Å². The van der Waals surface area contributed by atoms with E-state index in [1.54, 1.807) is 6.92 Å². The molecule has 0 unspecified atom stereocenters. The highest BCUT2D eigenvalue weighted by Crippen LogP contribution is 2.40. The van der Waals surface area contributed by atoms with Crippen molar-refractivity contribution in [2.45, 2.75) is 60.3 Å². The summed E-state index contributed by atoms with van der Waals surface area (Å²) in [4.78, 5) is 12.9. The van der Waals surface area contributed by atoms with Gasteiger partial charge in [-0.05, 0) is 71.4 Å². The maximum absolute atomic E-state index is 12.9. The molecule has 0 fully saturated rings. The van der Waals surface area contributed by atoms with Crippen LogP contribution in [0.4, 0.5) is 0 Å². The van der Waals surface area contributed by atoms with Crippen LogP contribution in [0.2, 0.25) is 0 Å². The van der Waals surface area contributed by atoms with E-state index < -0.39 is 5.97 Å². The lowest BCUT2D eigenvalue weighted by Crippen LogP contribution is -2.13. The van der Waals surface area contributed by atoms with Gasteiger partial charge in [-0.2, -0.15) is 0 Å². The topological polar surface area (TPSA) is 66.8 Å². The van der Waals surface area contributed by atoms with Crippen LogP contribution >= 0.6 is 0 Å². The van der Waals surface area contributed by atoms with Gasteiger partial charge < -0.3 is 14.9 Å². The van der Waals surface area contributed by atoms with E-state index in [0.29, 0.717) is 42.4 Å². The van der Waals surface area contributed by atoms with Crippen molar-refractivity contribution in [3.8, 4) is 11.5 Å². The molecule has 0 heterocycles. The van der Waals surface area contributed by atoms with E-state index in [0.717, 1.165) is 16.7 Å². The number of rotatable bonds is 9. The molecule has 0 atom stereocenters. The molecule has 0 amide bonds. The largest absolute Gasteiger partial charge is 0.507 e. The van der Waals surface area contributed by atoms with Crippen LogP contribution < -0.4 is 0 Å². The van der Waals surface area contributed by atoms with Crippen molar-refractivity contribution in [3.63, 3.8) is 0 Å². The summed E-state index contributed by atoms with van der Waals surface area (Å²) in [6.45, 7) is 9.86. The Balaban J connectivity index is 2.69. The quantitative estimate of drug-likeness (QED) is 0.380. The Labute approximate surface area is 185 Å². The summed E-state index contributed by atoms with van der Waals surface area (Å²) in [5.74, 6) is -0.680. The van der Waals surface area contributed by atoms with E-state index in [2.05, 4.69) is 0 Å². The molecule has 4 nitrogen and oxygen atoms in total. The summed E-state index contributed by atoms with van der Waals surface area (Å²) >= 11 is 0. The van der Waals surface area contributed by atoms with Gasteiger partial charge in [0.2, 0.25) is 0 Å². The van der Waals surface area contributed by atoms with Gasteiger partial charge in [-0.1, -0.05) is 53.6 Å². The highest BCUT2D eigenvalue weighted by molar-refractivity contribution is 5.96. The molecule has 2 aromatic carbocycles. The van der Waals surface area contributed by atoms with E-state index in [9.17, 15) is 15.0 Å². The van der Waals surface area contributed by atoms with Crippen LogP contribution in [0.3, 0.4) is 0 Å². The summed E-state index contributed by atoms with van der Waals surface area (Å²) in [7, 11) is 0. The van der Waals surface area contributed by atoms with Gasteiger partial charge in [-0.15, -0.1) is 0 Å². The second-order valence-corrected chi connectivity index (χ2v) is 8.19. The molecular formula is C27H34O4. The number of carbonyl (C=O) groups excluding carboxylic acids is 1. The van der Waals surface area contributed by atoms with Gasteiger partial charge >= 0.3 is 5.97 Å². The summed E-state index contributed by atoms with van der Waals surface area (Å²) in [5, 5.41) is 22.2. The number of ether oxygens (including phenoxy) is 1. The third-order valence-electron chi connectivity index (χ3n) is 5.18. The van der Waals surface area contributed by atoms with Gasteiger partial charge in [0.05, 0.1) is 6.61 Å². The maximum atomic E-state index is 12.9. The third-order valence-corrected chi connectivity index (χ3v) is 5.18. The van der Waals surface area contributed by atoms with Crippen LogP contribution in [0.15, 0.2) is 53.6 Å². The molecule has 4 heteroatoms. The average Bonchev–Trinajstić information content (AvgIpc) is 2.71. The zero-order valence-electron chi connectivity index (χ0n) is 19.3. The van der Waals surface area contributed by atoms with E-state index in [-0.39, 0.29) is 23.7 Å². The van der Waals surface area contributed by atoms with Gasteiger partial charge in [0.1, 0.15) is 17.1 Å². The lowest BCUT2D eigenvalue weighted by atomic mass is 9.88. The molecule has 0 bridgehead atoms. The van der Waals surface area contributed by atoms with Crippen molar-refractivity contribution >= 4 is 5.97 Å². The minimum Gasteiger partial charge on any atom is -0.507 e. The molecule has 0 saturated heterocycles. The second kappa shape index (κ2) is 11.4. The molecule has 0 radical (unpaired) electrons. The molecule has 166 valence electrons. The van der Waals surface area contributed by atoms with Crippen LogP contribution in [0.5, 0.6) is 11.5 Å². The summed E-state index contributed by atoms with van der Waals surface area (Å²) in [6.07, 6.45) is 5.96. The number of allylic oxidation sites excluding steroid dienone is 4. The number of phenolic OH excluding ortho intramolecular Hbond substituents is 2. The van der Waals surface area contributed by atoms with E-state index in [1.807, 2.05) is 70.2 Å². The fraction of sp³-hybridized carbons (Fsp3) is 0.370. The maximum Gasteiger partial charge on any atom is 0.342 e. The first kappa shape index (κ1) is 24.3. The molecule has 31 heavy (non-hydrogen) atoms. The van der Waals surface area contributed by atoms with Crippen molar-refractivity contribution < 1.29 is 19.7 Å². The van der Waals surface area contributed by atoms with Crippen LogP contribution in [0.1, 0.15) is 67.2 Å². The minimum atomic E-state index is -0.556. The molecular weight excluding hydrogens is 388 g/mol. The van der Waals surface area contributed by atoms with Crippen LogP contribution in [0, 0.1) is 0 Å². The predicted octanol–water partition coefficient (Wildman–Crippen LogP) is 6.08. The zero-order chi connectivity index (χ0) is 23.0. The lowest BCUT2D eigenvalue weighted by Gasteiger charge is -2.20. The Morgan fingerprint density at radius 2 is 1.42 bits per heavy atom. The lowest BCUT2D eigenvalue weighted by molar-refractivity contribution is 0.0521. The molecule has 0 aromatic heterocycles. The fourth-order valence-corrected chi connectivity index (χ4v) is 3.52. The summed E-state index contributed by atoms with van der Waals surface area (Å²) < 4.78 is 5.29. The van der Waals surface area contributed by atoms with Gasteiger partial charge in [0, 0.05) is 11.1 Å². The number of aromatic hydroxyl groups is 2. The number of phenols is 2. The van der Waals surface area contributed by atoms with Crippen molar-refractivity contribution in [1.29, 1.82) is 0 Å². The summed E-state index contributed by atoms with van der Waals surface area (Å²) in [5.41, 5.74) is 5.17. The van der Waals surface area contributed by atoms with Gasteiger partial charge in [0.15, 0.2) is 0 Å². The molecule has 0 aliphatic rings. The second-order valence-electron chi connectivity index (χ2n) is 8.19. The van der Waals surface area contributed by atoms with Crippen LogP contribution in [-0.2, 0) is 30.4 Å². The Morgan fingerprint density at radius 3 is 1.97 bits per heavy atom. The standard InChI is InChI=1S/C27H34O4/c1-6-31-27(30)24-21(17-14-20-10-8-7-9-11-20)22(15-12-18(2)3)25(28)23(26(24)29)16-13-19(4)5/h7-13,28-29H,6,14-17H2,1-5H3. The van der Waals surface area contributed by atoms with Crippen molar-refractivity contribution in [1.82, 2.24) is 0 Å². The first-order valence-electron chi connectivity index (χ1n) is 10.8. The monoisotopic (exact) mass is 422 g/mol. The SMILES string of the molecule is CCOC(=O)c1c(O)c(CC=C(C)C)c(O)c(CC=C(C)C)c1CCc1ccccc1. The van der Waals surface area contributed by atoms with Gasteiger partial charge in [-0.25, -0.2) is 4.79 Å². The van der Waals surface area contributed by atoms with E-state index >= 15 is 0 Å². The van der Waals surface area contributed by atoms with E-state index in [4.69, 9.17) is 4.74 Å². The van der Waals surface area contributed by atoms with Crippen molar-refractivity contribution in [2.75, 3.05) is 6.61 Å². The Hall–Kier alpha value is -3.01. The van der Waals surface area contributed by atoms with Crippen LogP contribution in [0.25, 0.3) is 0 Å².